The van der Waals surface area contributed by atoms with Gasteiger partial charge in [0.1, 0.15) is 0 Å². The predicted octanol–water partition coefficient (Wildman–Crippen LogP) is 3.99. The maximum absolute atomic E-state index is 3.73. The van der Waals surface area contributed by atoms with Crippen LogP contribution in [0.3, 0.4) is 0 Å². The van der Waals surface area contributed by atoms with Gasteiger partial charge in [-0.2, -0.15) is 11.8 Å². The van der Waals surface area contributed by atoms with Crippen LogP contribution in [0.1, 0.15) is 31.9 Å². The smallest absolute Gasteiger partial charge is 0.0295 e. The Bertz CT molecular complexity index is 356. The first-order valence-corrected chi connectivity index (χ1v) is 7.64. The summed E-state index contributed by atoms with van der Waals surface area (Å²) in [6.07, 6.45) is 1.30. The highest BCUT2D eigenvalue weighted by atomic mass is 79.9. The van der Waals surface area contributed by atoms with Crippen molar-refractivity contribution < 1.29 is 0 Å². The van der Waals surface area contributed by atoms with Crippen LogP contribution in [0.15, 0.2) is 28.7 Å². The largest absolute Gasteiger partial charge is 0.306 e. The van der Waals surface area contributed by atoms with Crippen molar-refractivity contribution in [3.63, 3.8) is 0 Å². The van der Waals surface area contributed by atoms with Gasteiger partial charge in [0, 0.05) is 21.8 Å². The number of rotatable bonds is 3. The maximum atomic E-state index is 3.73. The van der Waals surface area contributed by atoms with E-state index < -0.39 is 0 Å². The first-order chi connectivity index (χ1) is 7.66. The van der Waals surface area contributed by atoms with Crippen molar-refractivity contribution >= 4 is 27.7 Å². The molecule has 0 radical (unpaired) electrons. The molecule has 1 aromatic carbocycles. The highest BCUT2D eigenvalue weighted by Gasteiger charge is 2.25. The SMILES string of the molecule is CC1SCCC1N[C@H](C)c1cccc(Br)c1. The van der Waals surface area contributed by atoms with E-state index in [0.29, 0.717) is 12.1 Å². The van der Waals surface area contributed by atoms with Gasteiger partial charge in [-0.25, -0.2) is 0 Å². The second kappa shape index (κ2) is 5.56. The molecule has 0 amide bonds. The topological polar surface area (TPSA) is 12.0 Å². The summed E-state index contributed by atoms with van der Waals surface area (Å²) in [6.45, 7) is 4.57. The molecule has 0 saturated carbocycles. The number of thioether (sulfide) groups is 1. The minimum absolute atomic E-state index is 0.434. The van der Waals surface area contributed by atoms with Crippen molar-refractivity contribution in [1.29, 1.82) is 0 Å². The van der Waals surface area contributed by atoms with Gasteiger partial charge in [-0.15, -0.1) is 0 Å². The molecule has 1 fully saturated rings. The molecule has 16 heavy (non-hydrogen) atoms. The van der Waals surface area contributed by atoms with Crippen LogP contribution in [0.5, 0.6) is 0 Å². The average molecular weight is 300 g/mol. The Morgan fingerprint density at radius 1 is 1.50 bits per heavy atom. The van der Waals surface area contributed by atoms with Crippen LogP contribution in [0, 0.1) is 0 Å². The van der Waals surface area contributed by atoms with Gasteiger partial charge in [0.25, 0.3) is 0 Å². The first-order valence-electron chi connectivity index (χ1n) is 5.80. The molecule has 0 bridgehead atoms. The van der Waals surface area contributed by atoms with E-state index in [0.717, 1.165) is 9.72 Å². The van der Waals surface area contributed by atoms with Gasteiger partial charge in [0.2, 0.25) is 0 Å². The van der Waals surface area contributed by atoms with E-state index in [1.165, 1.54) is 17.7 Å². The van der Waals surface area contributed by atoms with E-state index >= 15 is 0 Å². The number of halogens is 1. The fourth-order valence-electron chi connectivity index (χ4n) is 2.14. The van der Waals surface area contributed by atoms with E-state index in [9.17, 15) is 0 Å². The quantitative estimate of drug-likeness (QED) is 0.905. The third-order valence-corrected chi connectivity index (χ3v) is 5.01. The Morgan fingerprint density at radius 3 is 2.94 bits per heavy atom. The van der Waals surface area contributed by atoms with E-state index in [1.807, 2.05) is 0 Å². The maximum Gasteiger partial charge on any atom is 0.0295 e. The van der Waals surface area contributed by atoms with Crippen molar-refractivity contribution in [1.82, 2.24) is 5.32 Å². The molecule has 88 valence electrons. The third-order valence-electron chi connectivity index (χ3n) is 3.19. The highest BCUT2D eigenvalue weighted by Crippen LogP contribution is 2.28. The zero-order valence-electron chi connectivity index (χ0n) is 9.74. The van der Waals surface area contributed by atoms with Gasteiger partial charge in [-0.1, -0.05) is 35.0 Å². The Balaban J connectivity index is 1.99. The summed E-state index contributed by atoms with van der Waals surface area (Å²) in [5.41, 5.74) is 1.36. The summed E-state index contributed by atoms with van der Waals surface area (Å²) in [4.78, 5) is 0. The van der Waals surface area contributed by atoms with Crippen LogP contribution < -0.4 is 5.32 Å². The Hall–Kier alpha value is 0.01000. The number of hydrogen-bond acceptors (Lipinski definition) is 2. The second-order valence-electron chi connectivity index (χ2n) is 4.41. The molecule has 1 aliphatic heterocycles. The molecular formula is C13H18BrNS. The fraction of sp³-hybridized carbons (Fsp3) is 0.538. The molecule has 1 nitrogen and oxygen atoms in total. The molecule has 1 aliphatic rings. The van der Waals surface area contributed by atoms with Crippen molar-refractivity contribution in [2.45, 2.75) is 37.6 Å². The summed E-state index contributed by atoms with van der Waals surface area (Å²) in [5, 5.41) is 4.48. The molecule has 0 aliphatic carbocycles. The summed E-state index contributed by atoms with van der Waals surface area (Å²) in [7, 11) is 0. The minimum atomic E-state index is 0.434. The summed E-state index contributed by atoms with van der Waals surface area (Å²) in [6, 6.07) is 9.66. The molecule has 1 aromatic rings. The van der Waals surface area contributed by atoms with Crippen molar-refractivity contribution in [3.8, 4) is 0 Å². The lowest BCUT2D eigenvalue weighted by Crippen LogP contribution is -2.35. The lowest BCUT2D eigenvalue weighted by molar-refractivity contribution is 0.454. The van der Waals surface area contributed by atoms with Crippen LogP contribution >= 0.6 is 27.7 Å². The molecule has 3 atom stereocenters. The normalized spacial score (nSPS) is 26.9. The van der Waals surface area contributed by atoms with Gasteiger partial charge in [-0.05, 0) is 36.8 Å². The second-order valence-corrected chi connectivity index (χ2v) is 6.82. The molecular weight excluding hydrogens is 282 g/mol. The lowest BCUT2D eigenvalue weighted by atomic mass is 10.1. The van der Waals surface area contributed by atoms with Crippen LogP contribution in [0.4, 0.5) is 0 Å². The molecule has 2 unspecified atom stereocenters. The molecule has 2 rings (SSSR count). The number of nitrogens with one attached hydrogen (secondary N) is 1. The van der Waals surface area contributed by atoms with Crippen molar-refractivity contribution in [2.75, 3.05) is 5.75 Å². The monoisotopic (exact) mass is 299 g/mol. The van der Waals surface area contributed by atoms with Gasteiger partial charge in [0.15, 0.2) is 0 Å². The van der Waals surface area contributed by atoms with Crippen LogP contribution in [-0.4, -0.2) is 17.0 Å². The van der Waals surface area contributed by atoms with E-state index in [1.54, 1.807) is 0 Å². The number of benzene rings is 1. The van der Waals surface area contributed by atoms with Gasteiger partial charge < -0.3 is 5.32 Å². The van der Waals surface area contributed by atoms with Crippen LogP contribution in [0.25, 0.3) is 0 Å². The first kappa shape index (κ1) is 12.5. The summed E-state index contributed by atoms with van der Waals surface area (Å²) in [5.74, 6) is 1.30. The minimum Gasteiger partial charge on any atom is -0.306 e. The zero-order valence-corrected chi connectivity index (χ0v) is 12.1. The van der Waals surface area contributed by atoms with E-state index in [-0.39, 0.29) is 0 Å². The standard InChI is InChI=1S/C13H18BrNS/c1-9(11-4-3-5-12(14)8-11)15-13-6-7-16-10(13)2/h3-5,8-10,13,15H,6-7H2,1-2H3/t9-,10?,13?/m1/s1. The summed E-state index contributed by atoms with van der Waals surface area (Å²) >= 11 is 5.60. The van der Waals surface area contributed by atoms with Crippen molar-refractivity contribution in [2.24, 2.45) is 0 Å². The molecule has 1 heterocycles. The molecule has 1 saturated heterocycles. The molecule has 0 spiro atoms. The molecule has 1 N–H and O–H groups in total. The van der Waals surface area contributed by atoms with Gasteiger partial charge in [0.05, 0.1) is 0 Å². The average Bonchev–Trinajstić information content (AvgIpc) is 2.64. The number of hydrogen-bond donors (Lipinski definition) is 1. The highest BCUT2D eigenvalue weighted by molar-refractivity contribution is 9.10. The van der Waals surface area contributed by atoms with E-state index in [2.05, 4.69) is 71.1 Å². The third kappa shape index (κ3) is 3.02. The van der Waals surface area contributed by atoms with Gasteiger partial charge in [-0.3, -0.25) is 0 Å². The fourth-order valence-corrected chi connectivity index (χ4v) is 3.77. The predicted molar refractivity (Wildman–Crippen MR) is 76.0 cm³/mol. The zero-order chi connectivity index (χ0) is 11.5. The van der Waals surface area contributed by atoms with Crippen LogP contribution in [-0.2, 0) is 0 Å². The molecule has 3 heteroatoms. The summed E-state index contributed by atoms with van der Waals surface area (Å²) < 4.78 is 1.16. The lowest BCUT2D eigenvalue weighted by Gasteiger charge is -2.22. The Morgan fingerprint density at radius 2 is 2.31 bits per heavy atom. The molecule has 0 aromatic heterocycles. The van der Waals surface area contributed by atoms with E-state index in [4.69, 9.17) is 0 Å². The Kier molecular flexibility index (Phi) is 4.34. The Labute approximate surface area is 111 Å². The van der Waals surface area contributed by atoms with Gasteiger partial charge >= 0.3 is 0 Å². The van der Waals surface area contributed by atoms with Crippen molar-refractivity contribution in [3.05, 3.63) is 34.3 Å². The van der Waals surface area contributed by atoms with Crippen LogP contribution in [0.2, 0.25) is 0 Å².